The number of rotatable bonds is 43. The van der Waals surface area contributed by atoms with Crippen LogP contribution in [0.1, 0.15) is 277 Å². The molecule has 0 bridgehead atoms. The average Bonchev–Trinajstić information content (AvgIpc) is 4.29. The Morgan fingerprint density at radius 2 is 0.776 bits per heavy atom. The van der Waals surface area contributed by atoms with Crippen molar-refractivity contribution in [2.75, 3.05) is 5.33 Å². The van der Waals surface area contributed by atoms with Crippen LogP contribution in [0, 0.1) is 12.5 Å². The number of carboxylic acid groups (broad SMARTS) is 1. The minimum absolute atomic E-state index is 0. The van der Waals surface area contributed by atoms with Crippen LogP contribution in [0.25, 0.3) is 0 Å². The van der Waals surface area contributed by atoms with Gasteiger partial charge in [-0.15, -0.1) is 12.1 Å². The third kappa shape index (κ3) is 78.0. The van der Waals surface area contributed by atoms with Crippen molar-refractivity contribution in [2.45, 2.75) is 278 Å². The molecule has 0 radical (unpaired) electrons. The van der Waals surface area contributed by atoms with E-state index in [1.165, 1.54) is 236 Å². The number of hydrogen-bond acceptors (Lipinski definition) is 5. The van der Waals surface area contributed by atoms with Crippen LogP contribution >= 0.6 is 15.9 Å². The molecule has 76 heavy (non-hydrogen) atoms. The van der Waals surface area contributed by atoms with Gasteiger partial charge in [-0.1, -0.05) is 233 Å². The summed E-state index contributed by atoms with van der Waals surface area (Å²) in [5, 5.41) is 9.67. The number of aliphatic carboxylic acids is 1. The fourth-order valence-corrected chi connectivity index (χ4v) is 8.18. The van der Waals surface area contributed by atoms with E-state index in [0.29, 0.717) is 6.42 Å². The van der Waals surface area contributed by atoms with Crippen molar-refractivity contribution in [3.05, 3.63) is 135 Å². The standard InChI is InChI=1S/C21H36O.C17H33Br.C17H32O2.C4H4O.2C4H3O.2Li/c1-2-3-4-5-6-7-8-9-10-11-12-13-14-15-16-18-21-19-17-20-22-21;1-2-3-4-5-6-7-8-9-10-11-12-13-14-15-16-17-18;1-2-3-4-5-6-7-8-9-10-11-12-13-14-15-16-17(18)19;3*1-2-4-5-3-1;;/h8-9,17,19-20H,2-7,10-16,18H2,1H3;8-9H,2-7,10-17H2,1H3;8-9H,2-7,10-16H2,1H3,(H,18,19);1-4H;2*1-3H;;/q;;;;2*-1;2*+1/b3*9-8+;;;;;. The molecule has 0 amide bonds. The number of unbranched alkanes of at least 4 members (excludes halogenated alkanes) is 32. The van der Waals surface area contributed by atoms with Crippen molar-refractivity contribution in [3.63, 3.8) is 0 Å². The zero-order valence-electron chi connectivity index (χ0n) is 49.8. The Bertz CT molecular complexity index is 1440. The van der Waals surface area contributed by atoms with Crippen LogP contribution < -0.4 is 37.7 Å². The van der Waals surface area contributed by atoms with E-state index in [1.54, 1.807) is 55.6 Å². The zero-order valence-corrected chi connectivity index (χ0v) is 51.4. The molecule has 4 rings (SSSR count). The predicted molar refractivity (Wildman–Crippen MR) is 322 cm³/mol. The van der Waals surface area contributed by atoms with E-state index < -0.39 is 5.97 Å². The van der Waals surface area contributed by atoms with Gasteiger partial charge in [0, 0.05) is 18.2 Å². The summed E-state index contributed by atoms with van der Waals surface area (Å²) in [6.07, 6.45) is 79.3. The van der Waals surface area contributed by atoms with E-state index >= 15 is 0 Å². The Morgan fingerprint density at radius 3 is 1.04 bits per heavy atom. The van der Waals surface area contributed by atoms with E-state index in [0.717, 1.165) is 25.0 Å². The number of halogens is 1. The van der Waals surface area contributed by atoms with Gasteiger partial charge in [-0.25, -0.2) is 0 Å². The summed E-state index contributed by atoms with van der Waals surface area (Å²) in [7, 11) is 0. The van der Waals surface area contributed by atoms with Crippen molar-refractivity contribution in [1.82, 2.24) is 0 Å². The van der Waals surface area contributed by atoms with Crippen molar-refractivity contribution < 1.29 is 65.3 Å². The molecule has 4 heterocycles. The van der Waals surface area contributed by atoms with Crippen molar-refractivity contribution >= 4 is 21.9 Å². The van der Waals surface area contributed by atoms with Gasteiger partial charge >= 0.3 is 43.7 Å². The Balaban J connectivity index is -0.000000442. The molecule has 0 fully saturated rings. The summed E-state index contributed by atoms with van der Waals surface area (Å²) >= 11 is 3.48. The molecule has 424 valence electrons. The molecule has 0 aliphatic rings. The maximum absolute atomic E-state index is 10.3. The number of furan rings is 4. The Morgan fingerprint density at radius 1 is 0.434 bits per heavy atom. The van der Waals surface area contributed by atoms with Crippen LogP contribution in [0.3, 0.4) is 0 Å². The molecule has 4 aromatic rings. The third-order valence-corrected chi connectivity index (χ3v) is 12.8. The number of carboxylic acids is 1. The second-order valence-electron chi connectivity index (χ2n) is 19.3. The van der Waals surface area contributed by atoms with Crippen LogP contribution in [0.15, 0.2) is 134 Å². The van der Waals surface area contributed by atoms with Gasteiger partial charge in [0.2, 0.25) is 0 Å². The van der Waals surface area contributed by atoms with Crippen LogP contribution in [0.2, 0.25) is 0 Å². The van der Waals surface area contributed by atoms with E-state index in [2.05, 4.69) is 105 Å². The van der Waals surface area contributed by atoms with Crippen molar-refractivity contribution in [1.29, 1.82) is 0 Å². The first-order valence-electron chi connectivity index (χ1n) is 30.1. The molecule has 0 aliphatic carbocycles. The van der Waals surface area contributed by atoms with Crippen LogP contribution in [0.4, 0.5) is 0 Å². The van der Waals surface area contributed by atoms with E-state index in [4.69, 9.17) is 9.52 Å². The number of alkyl halides is 1. The molecular formula is C67H111BrLi2O6. The van der Waals surface area contributed by atoms with Gasteiger partial charge in [-0.3, -0.25) is 4.79 Å². The molecule has 1 N–H and O–H groups in total. The topological polar surface area (TPSA) is 89.9 Å². The Kier molecular flexibility index (Phi) is 80.7. The molecule has 0 aromatic carbocycles. The summed E-state index contributed by atoms with van der Waals surface area (Å²) in [4.78, 5) is 10.3. The molecule has 9 heteroatoms. The maximum atomic E-state index is 10.3. The zero-order chi connectivity index (χ0) is 53.8. The number of carbonyl (C=O) groups is 1. The number of allylic oxidation sites excluding steroid dienone is 6. The van der Waals surface area contributed by atoms with Gasteiger partial charge < -0.3 is 22.8 Å². The first kappa shape index (κ1) is 80.0. The van der Waals surface area contributed by atoms with Crippen LogP contribution in [-0.4, -0.2) is 16.4 Å². The van der Waals surface area contributed by atoms with Gasteiger partial charge in [0.25, 0.3) is 0 Å². The van der Waals surface area contributed by atoms with E-state index in [-0.39, 0.29) is 37.7 Å². The first-order chi connectivity index (χ1) is 36.6. The molecule has 0 aliphatic heterocycles. The smallest absolute Gasteiger partial charge is 0.599 e. The fourth-order valence-electron chi connectivity index (χ4n) is 7.78. The maximum Gasteiger partial charge on any atom is 1.00 e. The summed E-state index contributed by atoms with van der Waals surface area (Å²) in [5.41, 5.74) is 0. The van der Waals surface area contributed by atoms with Gasteiger partial charge in [0.1, 0.15) is 5.76 Å². The number of aryl methyl sites for hydroxylation is 1. The molecule has 4 aromatic heterocycles. The fraction of sp³-hybridized carbons (Fsp3) is 0.657. The van der Waals surface area contributed by atoms with Gasteiger partial charge in [0.05, 0.1) is 18.8 Å². The largest absolute Gasteiger partial charge is 1.00 e. The van der Waals surface area contributed by atoms with Crippen LogP contribution in [-0.2, 0) is 11.2 Å². The van der Waals surface area contributed by atoms with Crippen molar-refractivity contribution in [3.8, 4) is 0 Å². The Hall–Kier alpha value is -2.52. The second kappa shape index (κ2) is 76.7. The molecule has 0 saturated carbocycles. The molecule has 0 unspecified atom stereocenters. The molecule has 6 nitrogen and oxygen atoms in total. The summed E-state index contributed by atoms with van der Waals surface area (Å²) < 4.78 is 18.8. The quantitative estimate of drug-likeness (QED) is 0.0156. The summed E-state index contributed by atoms with van der Waals surface area (Å²) in [5.74, 6) is 0.474. The monoisotopic (exact) mass is 1100 g/mol. The van der Waals surface area contributed by atoms with Crippen molar-refractivity contribution in [2.24, 2.45) is 0 Å². The third-order valence-electron chi connectivity index (χ3n) is 12.2. The molecular weight excluding hydrogens is 995 g/mol. The summed E-state index contributed by atoms with van der Waals surface area (Å²) in [6.45, 7) is 6.81. The van der Waals surface area contributed by atoms with Gasteiger partial charge in [-0.2, -0.15) is 12.1 Å². The average molecular weight is 1110 g/mol. The molecule has 0 saturated heterocycles. The van der Waals surface area contributed by atoms with E-state index in [1.807, 2.05) is 18.2 Å². The predicted octanol–water partition coefficient (Wildman–Crippen LogP) is 17.7. The minimum Gasteiger partial charge on any atom is -0.599 e. The normalized spacial score (nSPS) is 10.4. The second-order valence-corrected chi connectivity index (χ2v) is 20.1. The molecule has 0 atom stereocenters. The SMILES string of the molecule is CCCCCCC/C=C/CCCCCCCC(=O)O.CCCCCCC/C=C/CCCCCCCCBr.CCCCCCC/C=C/CCCCCCCCc1ccco1.[Li+].[Li+].[c-]1ccco1.[c-]1ccco1.c1ccoc1. The molecule has 0 spiro atoms. The van der Waals surface area contributed by atoms with Crippen LogP contribution in [0.5, 0.6) is 0 Å². The first-order valence-corrected chi connectivity index (χ1v) is 31.3. The number of hydrogen-bond donors (Lipinski definition) is 1. The van der Waals surface area contributed by atoms with Gasteiger partial charge in [0.15, 0.2) is 0 Å². The van der Waals surface area contributed by atoms with E-state index in [9.17, 15) is 4.79 Å². The minimum atomic E-state index is -0.665. The summed E-state index contributed by atoms with van der Waals surface area (Å²) in [6, 6.07) is 14.7. The van der Waals surface area contributed by atoms with Gasteiger partial charge in [-0.05, 0) is 133 Å². The Labute approximate surface area is 501 Å².